The molecule has 0 radical (unpaired) electrons. The van der Waals surface area contributed by atoms with Gasteiger partial charge in [0, 0.05) is 11.1 Å². The van der Waals surface area contributed by atoms with Crippen LogP contribution >= 0.6 is 23.1 Å². The lowest BCUT2D eigenvalue weighted by Gasteiger charge is -2.14. The molecule has 0 spiro atoms. The number of thioether (sulfide) groups is 1. The van der Waals surface area contributed by atoms with Crippen LogP contribution in [0.5, 0.6) is 0 Å². The molecule has 3 rings (SSSR count). The van der Waals surface area contributed by atoms with Gasteiger partial charge in [0.15, 0.2) is 4.34 Å². The predicted octanol–water partition coefficient (Wildman–Crippen LogP) is 2.36. The zero-order valence-corrected chi connectivity index (χ0v) is 17.9. The summed E-state index contributed by atoms with van der Waals surface area (Å²) in [7, 11) is 1.31. The van der Waals surface area contributed by atoms with Crippen molar-refractivity contribution >= 4 is 45.6 Å². The first-order chi connectivity index (χ1) is 13.7. The maximum absolute atomic E-state index is 12.5. The number of nitrogens with zero attached hydrogens (tertiary/aromatic N) is 4. The van der Waals surface area contributed by atoms with E-state index >= 15 is 0 Å². The van der Waals surface area contributed by atoms with Gasteiger partial charge in [0.05, 0.1) is 18.4 Å². The van der Waals surface area contributed by atoms with E-state index < -0.39 is 11.4 Å². The highest BCUT2D eigenvalue weighted by molar-refractivity contribution is 8.01. The van der Waals surface area contributed by atoms with Gasteiger partial charge >= 0.3 is 5.97 Å². The predicted molar refractivity (Wildman–Crippen MR) is 111 cm³/mol. The number of rotatable bonds is 5. The number of aromatic nitrogens is 4. The smallest absolute Gasteiger partial charge is 0.337 e. The fourth-order valence-corrected chi connectivity index (χ4v) is 4.03. The van der Waals surface area contributed by atoms with E-state index in [1.165, 1.54) is 34.7 Å². The van der Waals surface area contributed by atoms with Crippen LogP contribution in [-0.2, 0) is 14.9 Å². The fraction of sp³-hybridized carbons (Fsp3) is 0.333. The number of hydrogen-bond acceptors (Lipinski definition) is 9. The molecule has 0 aliphatic carbocycles. The third-order valence-corrected chi connectivity index (χ3v) is 5.83. The Balaban J connectivity index is 1.66. The maximum atomic E-state index is 12.5. The molecule has 11 heteroatoms. The molecule has 9 nitrogen and oxygen atoms in total. The van der Waals surface area contributed by atoms with E-state index in [-0.39, 0.29) is 17.2 Å². The first-order valence-electron chi connectivity index (χ1n) is 8.57. The lowest BCUT2D eigenvalue weighted by molar-refractivity contribution is -0.113. The number of ether oxygens (including phenoxy) is 1. The van der Waals surface area contributed by atoms with Gasteiger partial charge in [-0.05, 0) is 24.3 Å². The summed E-state index contributed by atoms with van der Waals surface area (Å²) in [4.78, 5) is 36.5. The Labute approximate surface area is 174 Å². The zero-order valence-electron chi connectivity index (χ0n) is 16.3. The van der Waals surface area contributed by atoms with Crippen molar-refractivity contribution in [2.75, 3.05) is 18.2 Å². The number of fused-ring (bicyclic) bond motifs is 1. The Hall–Kier alpha value is -2.79. The van der Waals surface area contributed by atoms with Crippen molar-refractivity contribution in [3.05, 3.63) is 45.9 Å². The van der Waals surface area contributed by atoms with Crippen LogP contribution in [0.3, 0.4) is 0 Å². The van der Waals surface area contributed by atoms with Crippen LogP contribution < -0.4 is 10.9 Å². The topological polar surface area (TPSA) is 116 Å². The molecule has 2 heterocycles. The van der Waals surface area contributed by atoms with Crippen molar-refractivity contribution in [3.8, 4) is 0 Å². The molecule has 2 aromatic heterocycles. The number of carbonyl (C=O) groups excluding carboxylic acids is 2. The van der Waals surface area contributed by atoms with Crippen molar-refractivity contribution in [1.82, 2.24) is 19.8 Å². The normalized spacial score (nSPS) is 11.4. The lowest BCUT2D eigenvalue weighted by Crippen LogP contribution is -2.30. The Kier molecular flexibility index (Phi) is 5.99. The second kappa shape index (κ2) is 8.29. The number of amides is 1. The highest BCUT2D eigenvalue weighted by Crippen LogP contribution is 2.24. The Bertz CT molecular complexity index is 1120. The molecule has 0 fully saturated rings. The van der Waals surface area contributed by atoms with Gasteiger partial charge in [-0.2, -0.15) is 4.52 Å². The van der Waals surface area contributed by atoms with E-state index in [4.69, 9.17) is 0 Å². The summed E-state index contributed by atoms with van der Waals surface area (Å²) in [6.45, 7) is 5.65. The lowest BCUT2D eigenvalue weighted by atomic mass is 9.93. The fourth-order valence-electron chi connectivity index (χ4n) is 2.36. The van der Waals surface area contributed by atoms with Crippen LogP contribution in [0, 0.1) is 0 Å². The highest BCUT2D eigenvalue weighted by Gasteiger charge is 2.23. The molecule has 0 atom stereocenters. The molecule has 152 valence electrons. The van der Waals surface area contributed by atoms with Gasteiger partial charge in [-0.15, -0.1) is 15.3 Å². The van der Waals surface area contributed by atoms with Gasteiger partial charge < -0.3 is 10.1 Å². The summed E-state index contributed by atoms with van der Waals surface area (Å²) in [5.74, 6) is -0.580. The summed E-state index contributed by atoms with van der Waals surface area (Å²) in [6.07, 6.45) is 0. The van der Waals surface area contributed by atoms with Crippen molar-refractivity contribution in [2.24, 2.45) is 0 Å². The quantitative estimate of drug-likeness (QED) is 0.482. The Morgan fingerprint density at radius 1 is 1.21 bits per heavy atom. The molecule has 29 heavy (non-hydrogen) atoms. The molecular weight excluding hydrogens is 414 g/mol. The molecule has 0 aliphatic heterocycles. The van der Waals surface area contributed by atoms with Crippen LogP contribution in [-0.4, -0.2) is 44.6 Å². The van der Waals surface area contributed by atoms with E-state index in [9.17, 15) is 14.4 Å². The summed E-state index contributed by atoms with van der Waals surface area (Å²) < 4.78 is 6.40. The molecule has 0 aliphatic rings. The van der Waals surface area contributed by atoms with E-state index in [1.807, 2.05) is 20.8 Å². The highest BCUT2D eigenvalue weighted by atomic mass is 32.2. The standard InChI is InChI=1S/C18H19N5O4S2/c1-18(2,3)13-14(25)23-16(21-20-13)29-17(22-23)28-9-12(24)19-11-7-5-10(6-8-11)15(26)27-4/h5-8H,9H2,1-4H3,(H,19,24). The Morgan fingerprint density at radius 2 is 1.90 bits per heavy atom. The number of methoxy groups -OCH3 is 1. The van der Waals surface area contributed by atoms with Gasteiger partial charge in [0.2, 0.25) is 10.9 Å². The summed E-state index contributed by atoms with van der Waals surface area (Å²) in [5, 5.41) is 15.1. The van der Waals surface area contributed by atoms with Gasteiger partial charge in [0.1, 0.15) is 5.69 Å². The van der Waals surface area contributed by atoms with E-state index in [0.29, 0.717) is 26.2 Å². The molecular formula is C18H19N5O4S2. The van der Waals surface area contributed by atoms with Crippen LogP contribution in [0.4, 0.5) is 5.69 Å². The SMILES string of the molecule is COC(=O)c1ccc(NC(=O)CSc2nn3c(=O)c(C(C)(C)C)nnc3s2)cc1. The molecule has 1 N–H and O–H groups in total. The van der Waals surface area contributed by atoms with Crippen molar-refractivity contribution in [2.45, 2.75) is 30.5 Å². The first-order valence-corrected chi connectivity index (χ1v) is 10.4. The number of nitrogens with one attached hydrogen (secondary N) is 1. The largest absolute Gasteiger partial charge is 0.465 e. The van der Waals surface area contributed by atoms with Crippen LogP contribution in [0.25, 0.3) is 4.96 Å². The third kappa shape index (κ3) is 4.80. The van der Waals surface area contributed by atoms with Crippen LogP contribution in [0.1, 0.15) is 36.8 Å². The third-order valence-electron chi connectivity index (χ3n) is 3.80. The van der Waals surface area contributed by atoms with Crippen LogP contribution in [0.15, 0.2) is 33.4 Å². The number of hydrogen-bond donors (Lipinski definition) is 1. The minimum atomic E-state index is -0.442. The number of benzene rings is 1. The maximum Gasteiger partial charge on any atom is 0.337 e. The zero-order chi connectivity index (χ0) is 21.2. The van der Waals surface area contributed by atoms with Crippen molar-refractivity contribution < 1.29 is 14.3 Å². The molecule has 1 aromatic carbocycles. The Morgan fingerprint density at radius 3 is 2.52 bits per heavy atom. The van der Waals surface area contributed by atoms with Crippen molar-refractivity contribution in [3.63, 3.8) is 0 Å². The second-order valence-electron chi connectivity index (χ2n) is 7.07. The van der Waals surface area contributed by atoms with Crippen molar-refractivity contribution in [1.29, 1.82) is 0 Å². The van der Waals surface area contributed by atoms with Gasteiger partial charge in [-0.25, -0.2) is 4.79 Å². The molecule has 1 amide bonds. The summed E-state index contributed by atoms with van der Waals surface area (Å²) in [5.41, 5.74) is 0.552. The summed E-state index contributed by atoms with van der Waals surface area (Å²) in [6, 6.07) is 6.38. The molecule has 3 aromatic rings. The number of carbonyl (C=O) groups is 2. The molecule has 0 saturated carbocycles. The average molecular weight is 434 g/mol. The number of esters is 1. The van der Waals surface area contributed by atoms with Gasteiger partial charge in [0.25, 0.3) is 5.56 Å². The minimum absolute atomic E-state index is 0.104. The number of anilines is 1. The van der Waals surface area contributed by atoms with Gasteiger partial charge in [-0.3, -0.25) is 9.59 Å². The minimum Gasteiger partial charge on any atom is -0.465 e. The monoisotopic (exact) mass is 433 g/mol. The van der Waals surface area contributed by atoms with Gasteiger partial charge in [-0.1, -0.05) is 43.9 Å². The van der Waals surface area contributed by atoms with E-state index in [2.05, 4.69) is 25.3 Å². The molecule has 0 saturated heterocycles. The second-order valence-corrected chi connectivity index (χ2v) is 9.25. The van der Waals surface area contributed by atoms with E-state index in [0.717, 1.165) is 0 Å². The first kappa shape index (κ1) is 20.9. The van der Waals surface area contributed by atoms with E-state index in [1.54, 1.807) is 24.3 Å². The molecule has 0 bridgehead atoms. The average Bonchev–Trinajstić information content (AvgIpc) is 3.10. The molecule has 0 unspecified atom stereocenters. The summed E-state index contributed by atoms with van der Waals surface area (Å²) >= 11 is 2.40. The van der Waals surface area contributed by atoms with Crippen LogP contribution in [0.2, 0.25) is 0 Å².